The first-order valence-corrected chi connectivity index (χ1v) is 19.5. The second-order valence-corrected chi connectivity index (χ2v) is 17.1. The molecule has 5 aliphatic rings. The van der Waals surface area contributed by atoms with Crippen LogP contribution in [0.15, 0.2) is 0 Å². The highest BCUT2D eigenvalue weighted by molar-refractivity contribution is 5.83. The number of hydrogen-bond acceptors (Lipinski definition) is 7. The Morgan fingerprint density at radius 1 is 0.833 bits per heavy atom. The largest absolute Gasteiger partial charge is 0.449 e. The number of aliphatic hydroxyl groups excluding tert-OH is 1. The SMILES string of the molecule is COC1CCC(COC(=O)NC2CCC2C(=O)N[C@@H](CC2CCCCC2)[C@H](O)CN2C[C@H]3CCCC[C@H]3C[C@@H]2C(=O)NC(C)(C)C)CC1. The van der Waals surface area contributed by atoms with E-state index >= 15 is 0 Å². The molecular formula is C38H66N4O6. The van der Waals surface area contributed by atoms with E-state index in [1.54, 1.807) is 7.11 Å². The van der Waals surface area contributed by atoms with Gasteiger partial charge in [0.1, 0.15) is 0 Å². The van der Waals surface area contributed by atoms with Crippen molar-refractivity contribution in [2.75, 3.05) is 26.8 Å². The molecule has 10 heteroatoms. The molecule has 1 heterocycles. The predicted molar refractivity (Wildman–Crippen MR) is 186 cm³/mol. The number of methoxy groups -OCH3 is 1. The molecule has 4 saturated carbocycles. The Labute approximate surface area is 289 Å². The number of ether oxygens (including phenoxy) is 2. The molecule has 5 fully saturated rings. The van der Waals surface area contributed by atoms with Gasteiger partial charge in [0, 0.05) is 31.8 Å². The van der Waals surface area contributed by atoms with Crippen molar-refractivity contribution >= 4 is 17.9 Å². The number of carbonyl (C=O) groups excluding carboxylic acids is 3. The molecule has 1 aliphatic heterocycles. The molecule has 7 atom stereocenters. The quantitative estimate of drug-likeness (QED) is 0.221. The molecule has 2 unspecified atom stereocenters. The van der Waals surface area contributed by atoms with Crippen molar-refractivity contribution in [1.29, 1.82) is 0 Å². The van der Waals surface area contributed by atoms with Gasteiger partial charge in [-0.25, -0.2) is 4.79 Å². The topological polar surface area (TPSA) is 129 Å². The summed E-state index contributed by atoms with van der Waals surface area (Å²) in [5.41, 5.74) is -0.328. The smallest absolute Gasteiger partial charge is 0.407 e. The summed E-state index contributed by atoms with van der Waals surface area (Å²) in [6.07, 6.45) is 16.8. The average molecular weight is 675 g/mol. The van der Waals surface area contributed by atoms with Gasteiger partial charge < -0.3 is 30.5 Å². The van der Waals surface area contributed by atoms with Gasteiger partial charge in [-0.05, 0) is 102 Å². The van der Waals surface area contributed by atoms with Crippen molar-refractivity contribution in [3.8, 4) is 0 Å². The van der Waals surface area contributed by atoms with Crippen LogP contribution < -0.4 is 16.0 Å². The first-order chi connectivity index (χ1) is 23.0. The molecule has 4 aliphatic carbocycles. The van der Waals surface area contributed by atoms with Crippen molar-refractivity contribution in [3.63, 3.8) is 0 Å². The zero-order valence-corrected chi connectivity index (χ0v) is 30.4. The molecular weight excluding hydrogens is 608 g/mol. The van der Waals surface area contributed by atoms with Crippen molar-refractivity contribution in [2.45, 2.75) is 166 Å². The lowest BCUT2D eigenvalue weighted by Crippen LogP contribution is -2.61. The van der Waals surface area contributed by atoms with E-state index in [0.717, 1.165) is 64.3 Å². The van der Waals surface area contributed by atoms with Crippen molar-refractivity contribution in [3.05, 3.63) is 0 Å². The van der Waals surface area contributed by atoms with Crippen LogP contribution in [0, 0.1) is 29.6 Å². The molecule has 0 bridgehead atoms. The molecule has 1 saturated heterocycles. The molecule has 274 valence electrons. The highest BCUT2D eigenvalue weighted by Gasteiger charge is 2.43. The number of aliphatic hydroxyl groups is 1. The van der Waals surface area contributed by atoms with E-state index in [-0.39, 0.29) is 35.4 Å². The molecule has 0 aromatic carbocycles. The third kappa shape index (κ3) is 10.5. The third-order valence-corrected chi connectivity index (χ3v) is 12.3. The van der Waals surface area contributed by atoms with Crippen molar-refractivity contribution in [2.24, 2.45) is 29.6 Å². The summed E-state index contributed by atoms with van der Waals surface area (Å²) < 4.78 is 11.0. The maximum Gasteiger partial charge on any atom is 0.407 e. The second-order valence-electron chi connectivity index (χ2n) is 17.1. The summed E-state index contributed by atoms with van der Waals surface area (Å²) in [5, 5.41) is 21.3. The van der Waals surface area contributed by atoms with E-state index < -0.39 is 18.2 Å². The summed E-state index contributed by atoms with van der Waals surface area (Å²) in [6.45, 7) is 7.63. The monoisotopic (exact) mass is 674 g/mol. The van der Waals surface area contributed by atoms with Crippen molar-refractivity contribution < 1.29 is 29.0 Å². The fourth-order valence-corrected chi connectivity index (χ4v) is 9.29. The van der Waals surface area contributed by atoms with Crippen LogP contribution in [0.4, 0.5) is 4.79 Å². The molecule has 0 spiro atoms. The number of rotatable bonds is 12. The minimum atomic E-state index is -0.786. The Balaban J connectivity index is 1.19. The zero-order valence-electron chi connectivity index (χ0n) is 30.4. The number of nitrogens with one attached hydrogen (secondary N) is 3. The van der Waals surface area contributed by atoms with Gasteiger partial charge in [-0.3, -0.25) is 14.5 Å². The summed E-state index contributed by atoms with van der Waals surface area (Å²) in [4.78, 5) is 42.3. The van der Waals surface area contributed by atoms with Gasteiger partial charge in [0.15, 0.2) is 0 Å². The number of carbonyl (C=O) groups is 3. The van der Waals surface area contributed by atoms with E-state index in [1.165, 1.54) is 44.9 Å². The van der Waals surface area contributed by atoms with Gasteiger partial charge in [-0.15, -0.1) is 0 Å². The van der Waals surface area contributed by atoms with Crippen molar-refractivity contribution in [1.82, 2.24) is 20.9 Å². The first-order valence-electron chi connectivity index (χ1n) is 19.5. The molecule has 4 N–H and O–H groups in total. The Kier molecular flexibility index (Phi) is 13.5. The molecule has 3 amide bonds. The fraction of sp³-hybridized carbons (Fsp3) is 0.921. The van der Waals surface area contributed by atoms with E-state index in [1.807, 2.05) is 20.8 Å². The molecule has 0 radical (unpaired) electrons. The number of β-amino-alcohol motifs (C(OH)–C–C–N with tert-alkyl or cyclic N) is 1. The Morgan fingerprint density at radius 3 is 2.17 bits per heavy atom. The van der Waals surface area contributed by atoms with Crippen LogP contribution in [0.1, 0.15) is 130 Å². The highest BCUT2D eigenvalue weighted by Crippen LogP contribution is 2.39. The fourth-order valence-electron chi connectivity index (χ4n) is 9.29. The Morgan fingerprint density at radius 2 is 1.52 bits per heavy atom. The maximum atomic E-state index is 13.7. The van der Waals surface area contributed by atoms with E-state index in [0.29, 0.717) is 49.3 Å². The Hall–Kier alpha value is -1.91. The van der Waals surface area contributed by atoms with E-state index in [9.17, 15) is 19.5 Å². The number of fused-ring (bicyclic) bond motifs is 1. The van der Waals surface area contributed by atoms with Gasteiger partial charge in [0.25, 0.3) is 0 Å². The van der Waals surface area contributed by atoms with Crippen LogP contribution in [-0.4, -0.2) is 90.6 Å². The Bertz CT molecular complexity index is 1050. The van der Waals surface area contributed by atoms with Gasteiger partial charge >= 0.3 is 6.09 Å². The number of piperidine rings is 1. The summed E-state index contributed by atoms with van der Waals surface area (Å²) in [5.74, 6) is 1.54. The first kappa shape index (κ1) is 37.3. The molecule has 10 nitrogen and oxygen atoms in total. The molecule has 5 rings (SSSR count). The summed E-state index contributed by atoms with van der Waals surface area (Å²) >= 11 is 0. The van der Waals surface area contributed by atoms with Crippen LogP contribution in [0.3, 0.4) is 0 Å². The third-order valence-electron chi connectivity index (χ3n) is 12.3. The van der Waals surface area contributed by atoms with Gasteiger partial charge in [-0.2, -0.15) is 0 Å². The maximum absolute atomic E-state index is 13.7. The van der Waals surface area contributed by atoms with Crippen LogP contribution in [0.5, 0.6) is 0 Å². The predicted octanol–water partition coefficient (Wildman–Crippen LogP) is 5.31. The van der Waals surface area contributed by atoms with E-state index in [2.05, 4.69) is 20.9 Å². The van der Waals surface area contributed by atoms with Crippen LogP contribution >= 0.6 is 0 Å². The number of likely N-dealkylation sites (tertiary alicyclic amines) is 1. The summed E-state index contributed by atoms with van der Waals surface area (Å²) in [6, 6.07) is -0.929. The molecule has 48 heavy (non-hydrogen) atoms. The average Bonchev–Trinajstić information content (AvgIpc) is 3.05. The van der Waals surface area contributed by atoms with Gasteiger partial charge in [0.05, 0.1) is 36.8 Å². The molecule has 0 aromatic heterocycles. The lowest BCUT2D eigenvalue weighted by Gasteiger charge is -2.47. The van der Waals surface area contributed by atoms with E-state index in [4.69, 9.17) is 9.47 Å². The normalized spacial score (nSPS) is 33.0. The number of hydrogen-bond donors (Lipinski definition) is 4. The van der Waals surface area contributed by atoms with Gasteiger partial charge in [-0.1, -0.05) is 51.4 Å². The summed E-state index contributed by atoms with van der Waals surface area (Å²) in [7, 11) is 1.75. The zero-order chi connectivity index (χ0) is 34.3. The minimum absolute atomic E-state index is 0.0458. The minimum Gasteiger partial charge on any atom is -0.449 e. The lowest BCUT2D eigenvalue weighted by atomic mass is 9.72. The lowest BCUT2D eigenvalue weighted by molar-refractivity contribution is -0.134. The highest BCUT2D eigenvalue weighted by atomic mass is 16.5. The van der Waals surface area contributed by atoms with Crippen LogP contribution in [0.2, 0.25) is 0 Å². The number of amides is 3. The number of nitrogens with zero attached hydrogens (tertiary/aromatic N) is 1. The van der Waals surface area contributed by atoms with Crippen LogP contribution in [0.25, 0.3) is 0 Å². The van der Waals surface area contributed by atoms with Gasteiger partial charge in [0.2, 0.25) is 11.8 Å². The number of alkyl carbamates (subject to hydrolysis) is 1. The standard InChI is InChI=1S/C38H66N4O6/c1-38(2,3)41-36(45)33-21-27-12-8-9-13-28(27)22-42(33)23-34(43)32(20-25-10-6-5-7-11-25)39-35(44)30-18-19-31(30)40-37(46)48-24-26-14-16-29(47-4)17-15-26/h25-34,43H,5-24H2,1-4H3,(H,39,44)(H,40,46)(H,41,45)/t26?,27-,28+,29?,30?,31?,32-,33+,34+/m0/s1. The molecule has 0 aromatic rings. The second kappa shape index (κ2) is 17.3. The van der Waals surface area contributed by atoms with Crippen LogP contribution in [-0.2, 0) is 19.1 Å².